The minimum Gasteiger partial charge on any atom is -0.336 e. The average molecular weight is 317 g/mol. The molecule has 1 saturated carbocycles. The van der Waals surface area contributed by atoms with Crippen LogP contribution in [0, 0.1) is 0 Å². The lowest BCUT2D eigenvalue weighted by molar-refractivity contribution is -0.138. The first-order valence-corrected chi connectivity index (χ1v) is 9.09. The number of hydrogen-bond acceptors (Lipinski definition) is 4. The fraction of sp³-hybridized carbons (Fsp3) is 0.824. The summed E-state index contributed by atoms with van der Waals surface area (Å²) in [6, 6.07) is 0.752. The van der Waals surface area contributed by atoms with Crippen molar-refractivity contribution < 1.29 is 4.79 Å². The second-order valence-corrected chi connectivity index (χ2v) is 7.54. The van der Waals surface area contributed by atoms with Crippen LogP contribution >= 0.6 is 0 Å². The van der Waals surface area contributed by atoms with E-state index >= 15 is 0 Å². The second kappa shape index (κ2) is 5.89. The van der Waals surface area contributed by atoms with Crippen LogP contribution in [0.25, 0.3) is 0 Å². The smallest absolute Gasteiger partial charge is 0.237 e. The van der Waals surface area contributed by atoms with Crippen LogP contribution in [0.3, 0.4) is 0 Å². The number of carbonyl (C=O) groups is 1. The number of piperidine rings is 1. The summed E-state index contributed by atoms with van der Waals surface area (Å²) in [5.74, 6) is 3.12. The molecule has 126 valence electrons. The molecule has 6 heteroatoms. The van der Waals surface area contributed by atoms with Crippen LogP contribution in [0.15, 0.2) is 0 Å². The maximum Gasteiger partial charge on any atom is 0.237 e. The molecule has 1 aliphatic carbocycles. The number of hydrogen-bond donors (Lipinski definition) is 0. The zero-order chi connectivity index (χ0) is 16.0. The van der Waals surface area contributed by atoms with Crippen molar-refractivity contribution in [1.82, 2.24) is 24.6 Å². The summed E-state index contributed by atoms with van der Waals surface area (Å²) in [6.45, 7) is 7.48. The highest BCUT2D eigenvalue weighted by molar-refractivity contribution is 5.79. The predicted octanol–water partition coefficient (Wildman–Crippen LogP) is 1.76. The summed E-state index contributed by atoms with van der Waals surface area (Å²) in [4.78, 5) is 17.1. The number of fused-ring (bicyclic) bond motifs is 1. The number of rotatable bonds is 3. The first-order chi connectivity index (χ1) is 11.1. The first kappa shape index (κ1) is 15.1. The van der Waals surface area contributed by atoms with Crippen molar-refractivity contribution in [2.75, 3.05) is 13.1 Å². The molecule has 0 spiro atoms. The van der Waals surface area contributed by atoms with Crippen molar-refractivity contribution in [2.24, 2.45) is 0 Å². The fourth-order valence-electron chi connectivity index (χ4n) is 4.19. The van der Waals surface area contributed by atoms with Crippen molar-refractivity contribution in [1.29, 1.82) is 0 Å². The normalized spacial score (nSPS) is 28.7. The van der Waals surface area contributed by atoms with E-state index in [0.717, 1.165) is 38.3 Å². The molecule has 0 aromatic carbocycles. The molecule has 2 fully saturated rings. The third-order valence-corrected chi connectivity index (χ3v) is 5.64. The molecule has 1 aromatic rings. The molecular formula is C17H27N5O. The molecule has 3 aliphatic rings. The van der Waals surface area contributed by atoms with E-state index in [0.29, 0.717) is 24.5 Å². The molecule has 0 bridgehead atoms. The predicted molar refractivity (Wildman–Crippen MR) is 86.9 cm³/mol. The van der Waals surface area contributed by atoms with E-state index < -0.39 is 0 Å². The Labute approximate surface area is 137 Å². The molecule has 1 saturated heterocycles. The maximum atomic E-state index is 12.8. The van der Waals surface area contributed by atoms with Gasteiger partial charge in [-0.05, 0) is 46.0 Å². The zero-order valence-electron chi connectivity index (χ0n) is 14.2. The molecule has 1 aromatic heterocycles. The van der Waals surface area contributed by atoms with Crippen LogP contribution in [0.5, 0.6) is 0 Å². The van der Waals surface area contributed by atoms with Gasteiger partial charge >= 0.3 is 0 Å². The zero-order valence-corrected chi connectivity index (χ0v) is 14.2. The Bertz CT molecular complexity index is 584. The summed E-state index contributed by atoms with van der Waals surface area (Å²) >= 11 is 0. The van der Waals surface area contributed by atoms with Crippen molar-refractivity contribution >= 4 is 5.91 Å². The number of aromatic nitrogens is 3. The SMILES string of the molecule is CC1CCCC(C)N1C(=O)CN1CCn2c(nnc2C2CC2)C1. The van der Waals surface area contributed by atoms with Crippen molar-refractivity contribution in [3.63, 3.8) is 0 Å². The third kappa shape index (κ3) is 2.89. The molecular weight excluding hydrogens is 290 g/mol. The van der Waals surface area contributed by atoms with Crippen LogP contribution in [0.4, 0.5) is 0 Å². The van der Waals surface area contributed by atoms with E-state index in [-0.39, 0.29) is 5.91 Å². The van der Waals surface area contributed by atoms with Gasteiger partial charge in [0, 0.05) is 31.1 Å². The monoisotopic (exact) mass is 317 g/mol. The van der Waals surface area contributed by atoms with Gasteiger partial charge in [0.2, 0.25) is 5.91 Å². The maximum absolute atomic E-state index is 12.8. The Morgan fingerprint density at radius 1 is 1.09 bits per heavy atom. The van der Waals surface area contributed by atoms with Crippen LogP contribution in [-0.2, 0) is 17.9 Å². The van der Waals surface area contributed by atoms with Crippen molar-refractivity contribution in [3.8, 4) is 0 Å². The quantitative estimate of drug-likeness (QED) is 0.852. The van der Waals surface area contributed by atoms with E-state index in [9.17, 15) is 4.79 Å². The highest BCUT2D eigenvalue weighted by Gasteiger charge is 2.34. The average Bonchev–Trinajstić information content (AvgIpc) is 3.27. The molecule has 1 amide bonds. The largest absolute Gasteiger partial charge is 0.336 e. The van der Waals surface area contributed by atoms with Gasteiger partial charge in [0.25, 0.3) is 0 Å². The van der Waals surface area contributed by atoms with Gasteiger partial charge in [0.05, 0.1) is 13.1 Å². The number of likely N-dealkylation sites (tertiary alicyclic amines) is 1. The van der Waals surface area contributed by atoms with Crippen LogP contribution in [0.2, 0.25) is 0 Å². The number of carbonyl (C=O) groups excluding carboxylic acids is 1. The van der Waals surface area contributed by atoms with E-state index in [1.165, 1.54) is 25.1 Å². The van der Waals surface area contributed by atoms with Gasteiger partial charge in [-0.3, -0.25) is 9.69 Å². The summed E-state index contributed by atoms with van der Waals surface area (Å²) in [5.41, 5.74) is 0. The lowest BCUT2D eigenvalue weighted by Crippen LogP contribution is -2.51. The Morgan fingerprint density at radius 2 is 1.83 bits per heavy atom. The summed E-state index contributed by atoms with van der Waals surface area (Å²) < 4.78 is 2.28. The highest BCUT2D eigenvalue weighted by Crippen LogP contribution is 2.39. The Kier molecular flexibility index (Phi) is 3.87. The van der Waals surface area contributed by atoms with Gasteiger partial charge in [-0.25, -0.2) is 0 Å². The van der Waals surface area contributed by atoms with Gasteiger partial charge in [-0.15, -0.1) is 10.2 Å². The molecule has 4 rings (SSSR count). The lowest BCUT2D eigenvalue weighted by Gasteiger charge is -2.40. The molecule has 2 unspecified atom stereocenters. The van der Waals surface area contributed by atoms with Crippen molar-refractivity contribution in [2.45, 2.75) is 77.0 Å². The Morgan fingerprint density at radius 3 is 2.52 bits per heavy atom. The summed E-state index contributed by atoms with van der Waals surface area (Å²) in [7, 11) is 0. The van der Waals surface area contributed by atoms with Gasteiger partial charge in [0.1, 0.15) is 11.6 Å². The van der Waals surface area contributed by atoms with Crippen molar-refractivity contribution in [3.05, 3.63) is 11.6 Å². The molecule has 23 heavy (non-hydrogen) atoms. The van der Waals surface area contributed by atoms with E-state index in [4.69, 9.17) is 0 Å². The number of amides is 1. The Balaban J connectivity index is 1.40. The van der Waals surface area contributed by atoms with Crippen LogP contribution in [-0.4, -0.2) is 55.6 Å². The number of nitrogens with zero attached hydrogens (tertiary/aromatic N) is 5. The summed E-state index contributed by atoms with van der Waals surface area (Å²) in [5, 5.41) is 8.74. The van der Waals surface area contributed by atoms with E-state index in [1.807, 2.05) is 0 Å². The van der Waals surface area contributed by atoms with Gasteiger partial charge < -0.3 is 9.47 Å². The first-order valence-electron chi connectivity index (χ1n) is 9.09. The fourth-order valence-corrected chi connectivity index (χ4v) is 4.19. The molecule has 2 atom stereocenters. The minimum absolute atomic E-state index is 0.278. The third-order valence-electron chi connectivity index (χ3n) is 5.64. The summed E-state index contributed by atoms with van der Waals surface area (Å²) in [6.07, 6.45) is 6.02. The van der Waals surface area contributed by atoms with Gasteiger partial charge in [-0.1, -0.05) is 0 Å². The molecule has 0 radical (unpaired) electrons. The second-order valence-electron chi connectivity index (χ2n) is 7.54. The topological polar surface area (TPSA) is 54.3 Å². The highest BCUT2D eigenvalue weighted by atomic mass is 16.2. The molecule has 6 nitrogen and oxygen atoms in total. The minimum atomic E-state index is 0.278. The molecule has 2 aliphatic heterocycles. The van der Waals surface area contributed by atoms with E-state index in [1.54, 1.807) is 0 Å². The standard InChI is InChI=1S/C17H27N5O/c1-12-4-3-5-13(2)22(12)16(23)11-20-8-9-21-15(10-20)18-19-17(21)14-6-7-14/h12-14H,3-11H2,1-2H3. The van der Waals surface area contributed by atoms with Crippen LogP contribution < -0.4 is 0 Å². The van der Waals surface area contributed by atoms with Gasteiger partial charge in [-0.2, -0.15) is 0 Å². The Hall–Kier alpha value is -1.43. The van der Waals surface area contributed by atoms with Crippen LogP contribution in [0.1, 0.15) is 63.5 Å². The van der Waals surface area contributed by atoms with E-state index in [2.05, 4.69) is 38.4 Å². The lowest BCUT2D eigenvalue weighted by atomic mass is 9.97. The van der Waals surface area contributed by atoms with Gasteiger partial charge in [0.15, 0.2) is 0 Å². The molecule has 3 heterocycles. The molecule has 0 N–H and O–H groups in total.